The van der Waals surface area contributed by atoms with E-state index in [1.807, 2.05) is 11.4 Å². The molecular formula is C19H25N3O2S. The highest BCUT2D eigenvalue weighted by Gasteiger charge is 2.16. The monoisotopic (exact) mass is 359 g/mol. The number of hydrazine groups is 1. The van der Waals surface area contributed by atoms with Crippen LogP contribution in [-0.2, 0) is 16.0 Å². The highest BCUT2D eigenvalue weighted by molar-refractivity contribution is 7.10. The van der Waals surface area contributed by atoms with E-state index in [4.69, 9.17) is 0 Å². The number of carbonyl (C=O) groups excluding carboxylic acids is 2. The molecule has 6 heteroatoms. The van der Waals surface area contributed by atoms with Crippen molar-refractivity contribution in [3.63, 3.8) is 0 Å². The number of amides is 2. The number of aryl methyl sites for hydroxylation is 1. The van der Waals surface area contributed by atoms with Gasteiger partial charge < -0.3 is 0 Å². The topological polar surface area (TPSA) is 70.2 Å². The van der Waals surface area contributed by atoms with Gasteiger partial charge in [-0.2, -0.15) is 0 Å². The van der Waals surface area contributed by atoms with Crippen LogP contribution < -0.4 is 16.2 Å². The Hall–Kier alpha value is -2.18. The summed E-state index contributed by atoms with van der Waals surface area (Å²) in [5.74, 6) is -0.581. The molecule has 0 saturated carbocycles. The number of nitrogens with one attached hydrogen (secondary N) is 3. The van der Waals surface area contributed by atoms with Crippen LogP contribution in [0.2, 0.25) is 0 Å². The molecule has 0 radical (unpaired) electrons. The second-order valence-electron chi connectivity index (χ2n) is 5.90. The Bertz CT molecular complexity index is 668. The molecule has 0 saturated heterocycles. The molecule has 1 aromatic heterocycles. The Balaban J connectivity index is 2.04. The molecule has 0 fully saturated rings. The summed E-state index contributed by atoms with van der Waals surface area (Å²) in [7, 11) is 0. The first kappa shape index (κ1) is 19.1. The fourth-order valence-corrected chi connectivity index (χ4v) is 3.32. The zero-order valence-electron chi connectivity index (χ0n) is 14.7. The van der Waals surface area contributed by atoms with Crippen molar-refractivity contribution in [2.75, 3.05) is 6.54 Å². The van der Waals surface area contributed by atoms with Gasteiger partial charge >= 0.3 is 0 Å². The molecular weight excluding hydrogens is 334 g/mol. The number of unbranched alkanes of at least 4 members (excludes halogenated alkanes) is 1. The summed E-state index contributed by atoms with van der Waals surface area (Å²) in [6.07, 6.45) is 3.47. The number of hydrogen-bond acceptors (Lipinski definition) is 4. The van der Waals surface area contributed by atoms with Crippen LogP contribution in [0, 0.1) is 0 Å². The van der Waals surface area contributed by atoms with E-state index in [9.17, 15) is 9.59 Å². The predicted molar refractivity (Wildman–Crippen MR) is 101 cm³/mol. The van der Waals surface area contributed by atoms with Crippen molar-refractivity contribution in [2.45, 2.75) is 39.2 Å². The van der Waals surface area contributed by atoms with E-state index in [0.717, 1.165) is 16.9 Å². The van der Waals surface area contributed by atoms with Crippen molar-refractivity contribution < 1.29 is 9.59 Å². The third kappa shape index (κ3) is 6.32. The molecule has 5 nitrogen and oxygen atoms in total. The van der Waals surface area contributed by atoms with Crippen LogP contribution in [0.25, 0.3) is 0 Å². The Kier molecular flexibility index (Phi) is 7.63. The number of hydrogen-bond donors (Lipinski definition) is 3. The van der Waals surface area contributed by atoms with E-state index in [1.165, 1.54) is 25.3 Å². The zero-order valence-corrected chi connectivity index (χ0v) is 15.5. The third-order valence-corrected chi connectivity index (χ3v) is 4.74. The number of carbonyl (C=O) groups is 2. The molecule has 1 aromatic carbocycles. The second-order valence-corrected chi connectivity index (χ2v) is 6.88. The quantitative estimate of drug-likeness (QED) is 0.635. The number of benzene rings is 1. The molecule has 0 bridgehead atoms. The van der Waals surface area contributed by atoms with Crippen molar-refractivity contribution in [3.8, 4) is 0 Å². The minimum Gasteiger partial charge on any atom is -0.297 e. The van der Waals surface area contributed by atoms with Gasteiger partial charge in [-0.25, -0.2) is 0 Å². The van der Waals surface area contributed by atoms with Crippen LogP contribution in [0.5, 0.6) is 0 Å². The summed E-state index contributed by atoms with van der Waals surface area (Å²) in [4.78, 5) is 23.8. The first-order valence-electron chi connectivity index (χ1n) is 8.51. The lowest BCUT2D eigenvalue weighted by molar-refractivity contribution is -0.127. The maximum atomic E-state index is 11.8. The van der Waals surface area contributed by atoms with Crippen molar-refractivity contribution in [3.05, 3.63) is 57.8 Å². The molecule has 0 aliphatic rings. The molecule has 2 rings (SSSR count). The molecule has 1 atom stereocenters. The minimum atomic E-state index is -0.300. The Labute approximate surface area is 152 Å². The summed E-state index contributed by atoms with van der Waals surface area (Å²) in [6.45, 7) is 3.65. The van der Waals surface area contributed by atoms with Crippen molar-refractivity contribution in [1.82, 2.24) is 16.2 Å². The molecule has 0 spiro atoms. The maximum Gasteiger partial charge on any atom is 0.252 e. The van der Waals surface area contributed by atoms with Crippen molar-refractivity contribution in [2.24, 2.45) is 0 Å². The van der Waals surface area contributed by atoms with E-state index >= 15 is 0 Å². The standard InChI is InChI=1S/C19H25N3O2S/c1-3-4-6-15-8-10-16(11-9-15)19(17-7-5-12-25-17)20-13-18(24)22-21-14(2)23/h5,7-12,19-20H,3-4,6,13H2,1-2H3,(H,21,23)(H,22,24)/t19-/m0/s1. The van der Waals surface area contributed by atoms with Gasteiger partial charge in [0, 0.05) is 11.8 Å². The predicted octanol–water partition coefficient (Wildman–Crippen LogP) is 2.94. The van der Waals surface area contributed by atoms with E-state index in [1.54, 1.807) is 11.3 Å². The van der Waals surface area contributed by atoms with Crippen LogP contribution in [0.4, 0.5) is 0 Å². The first-order valence-corrected chi connectivity index (χ1v) is 9.39. The van der Waals surface area contributed by atoms with Crippen LogP contribution in [0.15, 0.2) is 41.8 Å². The molecule has 3 N–H and O–H groups in total. The Morgan fingerprint density at radius 3 is 2.48 bits per heavy atom. The van der Waals surface area contributed by atoms with Crippen molar-refractivity contribution >= 4 is 23.2 Å². The summed E-state index contributed by atoms with van der Waals surface area (Å²) >= 11 is 1.65. The van der Waals surface area contributed by atoms with Gasteiger partial charge in [-0.1, -0.05) is 43.7 Å². The lowest BCUT2D eigenvalue weighted by Gasteiger charge is -2.18. The van der Waals surface area contributed by atoms with Gasteiger partial charge in [0.2, 0.25) is 5.91 Å². The van der Waals surface area contributed by atoms with Gasteiger partial charge in [-0.15, -0.1) is 11.3 Å². The Morgan fingerprint density at radius 2 is 1.88 bits per heavy atom. The van der Waals surface area contributed by atoms with Gasteiger partial charge in [0.1, 0.15) is 0 Å². The fraction of sp³-hybridized carbons (Fsp3) is 0.368. The van der Waals surface area contributed by atoms with Crippen LogP contribution in [0.1, 0.15) is 48.7 Å². The second kappa shape index (κ2) is 9.96. The van der Waals surface area contributed by atoms with E-state index in [-0.39, 0.29) is 24.4 Å². The van der Waals surface area contributed by atoms with E-state index in [2.05, 4.69) is 53.4 Å². The van der Waals surface area contributed by atoms with Gasteiger partial charge in [0.15, 0.2) is 0 Å². The van der Waals surface area contributed by atoms with E-state index < -0.39 is 0 Å². The molecule has 0 aliphatic heterocycles. The van der Waals surface area contributed by atoms with Gasteiger partial charge in [0.05, 0.1) is 12.6 Å². The van der Waals surface area contributed by atoms with Gasteiger partial charge in [-0.3, -0.25) is 25.8 Å². The molecule has 25 heavy (non-hydrogen) atoms. The minimum absolute atomic E-state index is 0.0525. The third-order valence-electron chi connectivity index (χ3n) is 3.80. The van der Waals surface area contributed by atoms with E-state index in [0.29, 0.717) is 0 Å². The average Bonchev–Trinajstić information content (AvgIpc) is 3.13. The molecule has 0 unspecified atom stereocenters. The normalized spacial score (nSPS) is 11.8. The van der Waals surface area contributed by atoms with Crippen LogP contribution >= 0.6 is 11.3 Å². The molecule has 0 aliphatic carbocycles. The smallest absolute Gasteiger partial charge is 0.252 e. The largest absolute Gasteiger partial charge is 0.297 e. The number of thiophene rings is 1. The lowest BCUT2D eigenvalue weighted by atomic mass is 10.0. The average molecular weight is 359 g/mol. The van der Waals surface area contributed by atoms with Crippen LogP contribution in [-0.4, -0.2) is 18.4 Å². The summed E-state index contributed by atoms with van der Waals surface area (Å²) in [5.41, 5.74) is 7.12. The molecule has 2 amide bonds. The first-order chi connectivity index (χ1) is 12.1. The molecule has 1 heterocycles. The zero-order chi connectivity index (χ0) is 18.1. The van der Waals surface area contributed by atoms with Crippen LogP contribution in [0.3, 0.4) is 0 Å². The number of rotatable bonds is 8. The fourth-order valence-electron chi connectivity index (χ4n) is 2.49. The summed E-state index contributed by atoms with van der Waals surface area (Å²) < 4.78 is 0. The Morgan fingerprint density at radius 1 is 1.12 bits per heavy atom. The highest BCUT2D eigenvalue weighted by atomic mass is 32.1. The SMILES string of the molecule is CCCCc1ccc([C@H](NCC(=O)NNC(C)=O)c2cccs2)cc1. The summed E-state index contributed by atoms with van der Waals surface area (Å²) in [5, 5.41) is 5.30. The van der Waals surface area contributed by atoms with Gasteiger partial charge in [-0.05, 0) is 35.4 Å². The lowest BCUT2D eigenvalue weighted by Crippen LogP contribution is -2.45. The molecule has 2 aromatic rings. The highest BCUT2D eigenvalue weighted by Crippen LogP contribution is 2.26. The summed E-state index contributed by atoms with van der Waals surface area (Å²) in [6, 6.07) is 12.6. The molecule has 134 valence electrons. The van der Waals surface area contributed by atoms with Gasteiger partial charge in [0.25, 0.3) is 5.91 Å². The maximum absolute atomic E-state index is 11.8. The van der Waals surface area contributed by atoms with Crippen molar-refractivity contribution in [1.29, 1.82) is 0 Å².